The normalized spacial score (nSPS) is 18.6. The number of carbonyl (C=O) groups is 2. The van der Waals surface area contributed by atoms with Crippen LogP contribution in [-0.4, -0.2) is 60.9 Å². The van der Waals surface area contributed by atoms with Gasteiger partial charge in [-0.1, -0.05) is 0 Å². The first-order chi connectivity index (χ1) is 11.1. The molecule has 1 fully saturated rings. The van der Waals surface area contributed by atoms with E-state index in [1.54, 1.807) is 18.3 Å². The Morgan fingerprint density at radius 3 is 2.65 bits per heavy atom. The van der Waals surface area contributed by atoms with E-state index in [2.05, 4.69) is 10.2 Å². The first-order valence-electron chi connectivity index (χ1n) is 8.50. The second-order valence-electron chi connectivity index (χ2n) is 6.36. The number of amides is 2. The van der Waals surface area contributed by atoms with Crippen molar-refractivity contribution >= 4 is 23.2 Å². The number of hydrogen-bond donors (Lipinski definition) is 1. The van der Waals surface area contributed by atoms with Crippen molar-refractivity contribution in [1.29, 1.82) is 0 Å². The van der Waals surface area contributed by atoms with Crippen molar-refractivity contribution in [3.05, 3.63) is 21.4 Å². The molecule has 126 valence electrons. The Bertz CT molecular complexity index is 576. The van der Waals surface area contributed by atoms with Crippen molar-refractivity contribution < 1.29 is 9.59 Å². The summed E-state index contributed by atoms with van der Waals surface area (Å²) in [5.74, 6) is 0.229. The van der Waals surface area contributed by atoms with Gasteiger partial charge in [0.15, 0.2) is 0 Å². The quantitative estimate of drug-likeness (QED) is 0.908. The highest BCUT2D eigenvalue weighted by molar-refractivity contribution is 7.10. The first-order valence-corrected chi connectivity index (χ1v) is 9.38. The highest BCUT2D eigenvalue weighted by atomic mass is 32.1. The van der Waals surface area contributed by atoms with Crippen molar-refractivity contribution in [3.63, 3.8) is 0 Å². The third-order valence-corrected chi connectivity index (χ3v) is 5.93. The van der Waals surface area contributed by atoms with Crippen molar-refractivity contribution in [1.82, 2.24) is 15.1 Å². The Kier molecular flexibility index (Phi) is 5.33. The highest BCUT2D eigenvalue weighted by Crippen LogP contribution is 2.30. The molecule has 0 bridgehead atoms. The maximum absolute atomic E-state index is 12.4. The fourth-order valence-electron chi connectivity index (χ4n) is 3.39. The molecule has 0 atom stereocenters. The molecule has 5 nitrogen and oxygen atoms in total. The summed E-state index contributed by atoms with van der Waals surface area (Å²) < 4.78 is 0. The van der Waals surface area contributed by atoms with Gasteiger partial charge in [-0.15, -0.1) is 11.3 Å². The van der Waals surface area contributed by atoms with Crippen LogP contribution in [0.1, 0.15) is 40.6 Å². The highest BCUT2D eigenvalue weighted by Gasteiger charge is 2.21. The molecule has 1 N–H and O–H groups in total. The summed E-state index contributed by atoms with van der Waals surface area (Å²) >= 11 is 1.74. The molecule has 0 saturated carbocycles. The standard InChI is InChI=1S/C17H25N3O2S/c1-13(21)20-10-8-19(9-11-20)7-6-18-17(22)15-12-23-16-5-3-2-4-14(15)16/h12H,2-11H2,1H3,(H,18,22). The van der Waals surface area contributed by atoms with Gasteiger partial charge in [-0.2, -0.15) is 0 Å². The third kappa shape index (κ3) is 3.93. The Morgan fingerprint density at radius 2 is 1.91 bits per heavy atom. The van der Waals surface area contributed by atoms with Crippen molar-refractivity contribution in [3.8, 4) is 0 Å². The number of carbonyl (C=O) groups excluding carboxylic acids is 2. The molecule has 0 spiro atoms. The second-order valence-corrected chi connectivity index (χ2v) is 7.33. The Balaban J connectivity index is 1.43. The van der Waals surface area contributed by atoms with Gasteiger partial charge in [0, 0.05) is 56.4 Å². The van der Waals surface area contributed by atoms with Crippen LogP contribution >= 0.6 is 11.3 Å². The SMILES string of the molecule is CC(=O)N1CCN(CCNC(=O)c2csc3c2CCCC3)CC1. The molecule has 2 amide bonds. The Labute approximate surface area is 141 Å². The number of hydrogen-bond acceptors (Lipinski definition) is 4. The van der Waals surface area contributed by atoms with Gasteiger partial charge in [0.1, 0.15) is 0 Å². The molecule has 1 aliphatic heterocycles. The number of rotatable bonds is 4. The van der Waals surface area contributed by atoms with Gasteiger partial charge in [-0.25, -0.2) is 0 Å². The molecule has 1 aromatic heterocycles. The summed E-state index contributed by atoms with van der Waals surface area (Å²) in [7, 11) is 0. The maximum atomic E-state index is 12.4. The second kappa shape index (κ2) is 7.45. The fraction of sp³-hybridized carbons (Fsp3) is 0.647. The van der Waals surface area contributed by atoms with E-state index in [-0.39, 0.29) is 11.8 Å². The molecule has 23 heavy (non-hydrogen) atoms. The van der Waals surface area contributed by atoms with E-state index in [1.807, 2.05) is 10.3 Å². The van der Waals surface area contributed by atoms with E-state index in [1.165, 1.54) is 23.3 Å². The van der Waals surface area contributed by atoms with E-state index in [0.717, 1.165) is 51.1 Å². The number of aryl methyl sites for hydroxylation is 1. The van der Waals surface area contributed by atoms with E-state index < -0.39 is 0 Å². The topological polar surface area (TPSA) is 52.7 Å². The molecular formula is C17H25N3O2S. The van der Waals surface area contributed by atoms with Crippen LogP contribution in [0.2, 0.25) is 0 Å². The zero-order chi connectivity index (χ0) is 16.2. The maximum Gasteiger partial charge on any atom is 0.252 e. The Hall–Kier alpha value is -1.40. The third-order valence-electron chi connectivity index (χ3n) is 4.84. The zero-order valence-electron chi connectivity index (χ0n) is 13.8. The van der Waals surface area contributed by atoms with Crippen LogP contribution in [0, 0.1) is 0 Å². The van der Waals surface area contributed by atoms with E-state index >= 15 is 0 Å². The van der Waals surface area contributed by atoms with Crippen molar-refractivity contribution in [2.45, 2.75) is 32.6 Å². The van der Waals surface area contributed by atoms with Crippen LogP contribution in [0.4, 0.5) is 0 Å². The number of fused-ring (bicyclic) bond motifs is 1. The lowest BCUT2D eigenvalue weighted by molar-refractivity contribution is -0.130. The molecule has 3 rings (SSSR count). The molecular weight excluding hydrogens is 310 g/mol. The monoisotopic (exact) mass is 335 g/mol. The van der Waals surface area contributed by atoms with Crippen LogP contribution in [0.15, 0.2) is 5.38 Å². The van der Waals surface area contributed by atoms with Gasteiger partial charge < -0.3 is 10.2 Å². The van der Waals surface area contributed by atoms with Gasteiger partial charge in [0.2, 0.25) is 5.91 Å². The molecule has 2 heterocycles. The zero-order valence-corrected chi connectivity index (χ0v) is 14.6. The van der Waals surface area contributed by atoms with Gasteiger partial charge in [-0.3, -0.25) is 14.5 Å². The summed E-state index contributed by atoms with van der Waals surface area (Å²) in [6.07, 6.45) is 4.63. The molecule has 1 aliphatic carbocycles. The van der Waals surface area contributed by atoms with Crippen LogP contribution < -0.4 is 5.32 Å². The molecule has 0 unspecified atom stereocenters. The Morgan fingerprint density at radius 1 is 1.17 bits per heavy atom. The van der Waals surface area contributed by atoms with Crippen LogP contribution in [0.3, 0.4) is 0 Å². The van der Waals surface area contributed by atoms with E-state index in [0.29, 0.717) is 6.54 Å². The molecule has 2 aliphatic rings. The first kappa shape index (κ1) is 16.5. The molecule has 6 heteroatoms. The lowest BCUT2D eigenvalue weighted by atomic mass is 9.96. The van der Waals surface area contributed by atoms with Crippen LogP contribution in [0.25, 0.3) is 0 Å². The fourth-order valence-corrected chi connectivity index (χ4v) is 4.52. The molecule has 1 aromatic rings. The van der Waals surface area contributed by atoms with Gasteiger partial charge >= 0.3 is 0 Å². The average molecular weight is 335 g/mol. The number of nitrogens with one attached hydrogen (secondary N) is 1. The summed E-state index contributed by atoms with van der Waals surface area (Å²) in [5.41, 5.74) is 2.18. The van der Waals surface area contributed by atoms with Gasteiger partial charge in [0.25, 0.3) is 5.91 Å². The summed E-state index contributed by atoms with van der Waals surface area (Å²) in [6, 6.07) is 0. The van der Waals surface area contributed by atoms with Crippen LogP contribution in [-0.2, 0) is 17.6 Å². The van der Waals surface area contributed by atoms with Gasteiger partial charge in [0.05, 0.1) is 5.56 Å². The average Bonchev–Trinajstić information content (AvgIpc) is 2.99. The summed E-state index contributed by atoms with van der Waals surface area (Å²) in [6.45, 7) is 6.51. The molecule has 0 radical (unpaired) electrons. The molecule has 0 aromatic carbocycles. The smallest absolute Gasteiger partial charge is 0.252 e. The largest absolute Gasteiger partial charge is 0.351 e. The minimum atomic E-state index is 0.0757. The number of nitrogens with zero attached hydrogens (tertiary/aromatic N) is 2. The van der Waals surface area contributed by atoms with E-state index in [4.69, 9.17) is 0 Å². The van der Waals surface area contributed by atoms with Crippen molar-refractivity contribution in [2.75, 3.05) is 39.3 Å². The van der Waals surface area contributed by atoms with Gasteiger partial charge in [-0.05, 0) is 31.2 Å². The number of thiophene rings is 1. The predicted molar refractivity (Wildman–Crippen MR) is 92.0 cm³/mol. The van der Waals surface area contributed by atoms with E-state index in [9.17, 15) is 9.59 Å². The lowest BCUT2D eigenvalue weighted by Crippen LogP contribution is -2.49. The van der Waals surface area contributed by atoms with Crippen molar-refractivity contribution in [2.24, 2.45) is 0 Å². The number of piperazine rings is 1. The predicted octanol–water partition coefficient (Wildman–Crippen LogP) is 1.52. The lowest BCUT2D eigenvalue weighted by Gasteiger charge is -2.34. The van der Waals surface area contributed by atoms with Crippen LogP contribution in [0.5, 0.6) is 0 Å². The summed E-state index contributed by atoms with van der Waals surface area (Å²) in [5, 5.41) is 5.09. The minimum absolute atomic E-state index is 0.0757. The minimum Gasteiger partial charge on any atom is -0.351 e. The molecule has 1 saturated heterocycles. The summed E-state index contributed by atoms with van der Waals surface area (Å²) in [4.78, 5) is 29.3.